The minimum absolute atomic E-state index is 0.0239. The maximum absolute atomic E-state index is 13.8. The predicted octanol–water partition coefficient (Wildman–Crippen LogP) is 3.44. The van der Waals surface area contributed by atoms with E-state index in [-0.39, 0.29) is 49.9 Å². The molecule has 0 spiro atoms. The van der Waals surface area contributed by atoms with Gasteiger partial charge in [0.05, 0.1) is 38.1 Å². The molecular formula is C38H45N5O9. The second kappa shape index (κ2) is 17.1. The lowest BCUT2D eigenvalue weighted by molar-refractivity contribution is -0.140. The number of rotatable bonds is 15. The van der Waals surface area contributed by atoms with Crippen molar-refractivity contribution in [2.24, 2.45) is 0 Å². The van der Waals surface area contributed by atoms with Crippen LogP contribution in [0.2, 0.25) is 0 Å². The first kappa shape index (κ1) is 37.6. The molecule has 14 heteroatoms. The van der Waals surface area contributed by atoms with Gasteiger partial charge in [-0.05, 0) is 80.1 Å². The summed E-state index contributed by atoms with van der Waals surface area (Å²) in [6.45, 7) is 3.35. The van der Waals surface area contributed by atoms with E-state index in [1.165, 1.54) is 28.1 Å². The van der Waals surface area contributed by atoms with Gasteiger partial charge in [-0.2, -0.15) is 0 Å². The van der Waals surface area contributed by atoms with Crippen LogP contribution in [0.25, 0.3) is 0 Å². The molecular weight excluding hydrogens is 670 g/mol. The van der Waals surface area contributed by atoms with Crippen LogP contribution in [0.1, 0.15) is 66.6 Å². The van der Waals surface area contributed by atoms with Gasteiger partial charge in [0, 0.05) is 36.8 Å². The molecule has 0 radical (unpaired) electrons. The van der Waals surface area contributed by atoms with Gasteiger partial charge in [-0.15, -0.1) is 0 Å². The van der Waals surface area contributed by atoms with Crippen molar-refractivity contribution < 1.29 is 43.3 Å². The lowest BCUT2D eigenvalue weighted by Crippen LogP contribution is -2.50. The van der Waals surface area contributed by atoms with E-state index < -0.39 is 23.9 Å². The Morgan fingerprint density at radius 1 is 0.923 bits per heavy atom. The number of nitrogens with one attached hydrogen (secondary N) is 4. The van der Waals surface area contributed by atoms with Crippen LogP contribution in [0.15, 0.2) is 54.6 Å². The van der Waals surface area contributed by atoms with Crippen LogP contribution >= 0.6 is 0 Å². The smallest absolute Gasteiger partial charge is 0.305 e. The number of amides is 4. The average Bonchev–Trinajstić information content (AvgIpc) is 3.46. The van der Waals surface area contributed by atoms with Crippen molar-refractivity contribution in [3.63, 3.8) is 0 Å². The van der Waals surface area contributed by atoms with Crippen molar-refractivity contribution in [3.8, 4) is 11.5 Å². The summed E-state index contributed by atoms with van der Waals surface area (Å²) in [7, 11) is 2.80. The predicted molar refractivity (Wildman–Crippen MR) is 193 cm³/mol. The van der Waals surface area contributed by atoms with Crippen LogP contribution in [0, 0.1) is 0 Å². The molecule has 276 valence electrons. The van der Waals surface area contributed by atoms with Crippen LogP contribution in [0.5, 0.6) is 11.5 Å². The van der Waals surface area contributed by atoms with Gasteiger partial charge in [0.25, 0.3) is 5.91 Å². The number of fused-ring (bicyclic) bond motifs is 4. The number of nitrogens with zero attached hydrogens (tertiary/aromatic N) is 1. The van der Waals surface area contributed by atoms with Gasteiger partial charge in [0.2, 0.25) is 17.7 Å². The zero-order valence-corrected chi connectivity index (χ0v) is 29.7. The van der Waals surface area contributed by atoms with Crippen LogP contribution < -0.4 is 35.6 Å². The second-order valence-corrected chi connectivity index (χ2v) is 12.9. The SMILES string of the molecule is COC(=O)CCCCC(=O)N[C@@H](C)C(=O)N[C@@H](C)C(=O)Nc1cc(CO)cc(COc2cc3c(cc2OC)C(=O)N2c4ccccc4C[C@H]2CN3)c1. The third-order valence-electron chi connectivity index (χ3n) is 9.04. The monoisotopic (exact) mass is 715 g/mol. The number of anilines is 3. The van der Waals surface area contributed by atoms with Gasteiger partial charge in [0.1, 0.15) is 18.7 Å². The van der Waals surface area contributed by atoms with Crippen LogP contribution in [0.3, 0.4) is 0 Å². The molecule has 4 amide bonds. The number of carbonyl (C=O) groups is 5. The van der Waals surface area contributed by atoms with Gasteiger partial charge in [-0.3, -0.25) is 24.0 Å². The van der Waals surface area contributed by atoms with Gasteiger partial charge >= 0.3 is 5.97 Å². The van der Waals surface area contributed by atoms with Crippen molar-refractivity contribution in [1.29, 1.82) is 0 Å². The molecule has 0 unspecified atom stereocenters. The molecule has 2 aliphatic rings. The van der Waals surface area contributed by atoms with E-state index in [2.05, 4.69) is 26.0 Å². The van der Waals surface area contributed by atoms with Crippen molar-refractivity contribution in [3.05, 3.63) is 76.9 Å². The fraction of sp³-hybridized carbons (Fsp3) is 0.395. The Labute approximate surface area is 302 Å². The number of hydrogen-bond donors (Lipinski definition) is 5. The zero-order valence-electron chi connectivity index (χ0n) is 29.7. The number of ether oxygens (including phenoxy) is 3. The molecule has 3 aromatic rings. The number of hydrogen-bond acceptors (Lipinski definition) is 10. The molecule has 0 saturated carbocycles. The average molecular weight is 716 g/mol. The fourth-order valence-corrected chi connectivity index (χ4v) is 6.27. The largest absolute Gasteiger partial charge is 0.493 e. The van der Waals surface area contributed by atoms with Crippen molar-refractivity contribution in [2.45, 2.75) is 77.3 Å². The number of carbonyl (C=O) groups excluding carboxylic acids is 5. The standard InChI is InChI=1S/C38H45N5O9/c1-22(40-34(45)11-7-8-12-35(46)51-4)36(47)41-23(2)37(48)42-27-14-24(20-44)13-25(15-27)21-52-33-18-30-29(17-32(33)50-3)38(49)43-28(19-39-30)16-26-9-5-6-10-31(26)43/h5-6,9-10,13-15,17-18,22-23,28,39,44H,7-8,11-12,16,19-21H2,1-4H3,(H,40,45)(H,41,47)(H,42,48)/t22-,23-,28-/m0/s1. The van der Waals surface area contributed by atoms with Gasteiger partial charge in [-0.1, -0.05) is 18.2 Å². The molecule has 5 rings (SSSR count). The summed E-state index contributed by atoms with van der Waals surface area (Å²) in [5.41, 5.74) is 4.70. The maximum atomic E-state index is 13.8. The Morgan fingerprint density at radius 3 is 2.40 bits per heavy atom. The van der Waals surface area contributed by atoms with E-state index in [4.69, 9.17) is 9.47 Å². The molecule has 0 bridgehead atoms. The highest BCUT2D eigenvalue weighted by Gasteiger charge is 2.37. The third kappa shape index (κ3) is 8.99. The fourth-order valence-electron chi connectivity index (χ4n) is 6.27. The molecule has 0 saturated heterocycles. The summed E-state index contributed by atoms with van der Waals surface area (Å²) in [4.78, 5) is 64.8. The quantitative estimate of drug-likeness (QED) is 0.115. The highest BCUT2D eigenvalue weighted by molar-refractivity contribution is 6.12. The summed E-state index contributed by atoms with van der Waals surface area (Å²) in [5, 5.41) is 21.3. The first-order valence-corrected chi connectivity index (χ1v) is 17.2. The Kier molecular flexibility index (Phi) is 12.3. The van der Waals surface area contributed by atoms with Gasteiger partial charge < -0.3 is 45.5 Å². The summed E-state index contributed by atoms with van der Waals surface area (Å²) >= 11 is 0. The van der Waals surface area contributed by atoms with E-state index in [0.29, 0.717) is 59.0 Å². The Hall–Kier alpha value is -5.63. The first-order valence-electron chi connectivity index (χ1n) is 17.2. The van der Waals surface area contributed by atoms with Crippen molar-refractivity contribution in [1.82, 2.24) is 10.6 Å². The van der Waals surface area contributed by atoms with Crippen LogP contribution in [-0.4, -0.2) is 73.6 Å². The molecule has 2 heterocycles. The molecule has 5 N–H and O–H groups in total. The van der Waals surface area contributed by atoms with E-state index in [1.807, 2.05) is 29.2 Å². The van der Waals surface area contributed by atoms with Crippen molar-refractivity contribution in [2.75, 3.05) is 36.3 Å². The molecule has 3 atom stereocenters. The zero-order chi connectivity index (χ0) is 37.4. The Balaban J connectivity index is 1.19. The summed E-state index contributed by atoms with van der Waals surface area (Å²) in [6, 6.07) is 14.5. The van der Waals surface area contributed by atoms with Crippen molar-refractivity contribution >= 4 is 46.7 Å². The van der Waals surface area contributed by atoms with E-state index >= 15 is 0 Å². The van der Waals surface area contributed by atoms with Crippen LogP contribution in [0.4, 0.5) is 17.1 Å². The summed E-state index contributed by atoms with van der Waals surface area (Å²) in [6.07, 6.45) is 2.06. The van der Waals surface area contributed by atoms with E-state index in [9.17, 15) is 29.1 Å². The minimum atomic E-state index is -0.951. The number of aliphatic hydroxyl groups is 1. The lowest BCUT2D eigenvalue weighted by atomic mass is 10.1. The van der Waals surface area contributed by atoms with Gasteiger partial charge in [0.15, 0.2) is 11.5 Å². The topological polar surface area (TPSA) is 185 Å². The highest BCUT2D eigenvalue weighted by atomic mass is 16.5. The summed E-state index contributed by atoms with van der Waals surface area (Å²) in [5.74, 6) is -1.09. The first-order chi connectivity index (χ1) is 25.0. The normalized spacial score (nSPS) is 15.4. The molecule has 3 aromatic carbocycles. The minimum Gasteiger partial charge on any atom is -0.493 e. The Morgan fingerprint density at radius 2 is 1.65 bits per heavy atom. The lowest BCUT2D eigenvalue weighted by Gasteiger charge is -2.22. The number of para-hydroxylation sites is 1. The molecule has 14 nitrogen and oxygen atoms in total. The number of methoxy groups -OCH3 is 2. The molecule has 0 aliphatic carbocycles. The van der Waals surface area contributed by atoms with Gasteiger partial charge in [-0.25, -0.2) is 0 Å². The molecule has 0 aromatic heterocycles. The van der Waals surface area contributed by atoms with E-state index in [0.717, 1.165) is 17.7 Å². The highest BCUT2D eigenvalue weighted by Crippen LogP contribution is 2.40. The van der Waals surface area contributed by atoms with E-state index in [1.54, 1.807) is 30.3 Å². The maximum Gasteiger partial charge on any atom is 0.305 e. The second-order valence-electron chi connectivity index (χ2n) is 12.9. The number of aliphatic hydroxyl groups excluding tert-OH is 1. The number of benzene rings is 3. The molecule has 0 fully saturated rings. The summed E-state index contributed by atoms with van der Waals surface area (Å²) < 4.78 is 16.4. The van der Waals surface area contributed by atoms with Crippen LogP contribution in [-0.2, 0) is 43.5 Å². The molecule has 52 heavy (non-hydrogen) atoms. The molecule has 2 aliphatic heterocycles. The number of esters is 1. The third-order valence-corrected chi connectivity index (χ3v) is 9.04. The number of unbranched alkanes of at least 4 members (excludes halogenated alkanes) is 1. The Bertz CT molecular complexity index is 1830.